The maximum absolute atomic E-state index is 13.9. The number of benzene rings is 2. The fourth-order valence-corrected chi connectivity index (χ4v) is 4.52. The van der Waals surface area contributed by atoms with Crippen molar-refractivity contribution in [1.82, 2.24) is 9.62 Å². The summed E-state index contributed by atoms with van der Waals surface area (Å²) in [5.74, 6) is -2.69. The topological polar surface area (TPSA) is 102 Å². The molecule has 32 heavy (non-hydrogen) atoms. The molecule has 0 radical (unpaired) electrons. The minimum atomic E-state index is -4.15. The van der Waals surface area contributed by atoms with Crippen LogP contribution in [0.4, 0.5) is 8.78 Å². The number of ether oxygens (including phenoxy) is 2. The van der Waals surface area contributed by atoms with Crippen molar-refractivity contribution in [1.29, 1.82) is 0 Å². The van der Waals surface area contributed by atoms with Gasteiger partial charge in [0.2, 0.25) is 15.9 Å². The van der Waals surface area contributed by atoms with Gasteiger partial charge in [0.1, 0.15) is 22.9 Å². The lowest BCUT2D eigenvalue weighted by Gasteiger charge is -2.22. The molecule has 0 spiro atoms. The maximum atomic E-state index is 13.9. The van der Waals surface area contributed by atoms with Crippen molar-refractivity contribution in [2.75, 3.05) is 20.2 Å². The summed E-state index contributed by atoms with van der Waals surface area (Å²) >= 11 is 0. The van der Waals surface area contributed by atoms with Crippen LogP contribution in [0.2, 0.25) is 0 Å². The van der Waals surface area contributed by atoms with E-state index in [1.54, 1.807) is 6.07 Å². The average molecular weight is 468 g/mol. The number of hydrogen-bond donors (Lipinski definition) is 1. The Morgan fingerprint density at radius 3 is 2.41 bits per heavy atom. The molecule has 8 nitrogen and oxygen atoms in total. The molecule has 0 aromatic heterocycles. The molecule has 0 aliphatic carbocycles. The summed E-state index contributed by atoms with van der Waals surface area (Å²) in [6.07, 6.45) is -0.851. The van der Waals surface area contributed by atoms with Crippen molar-refractivity contribution in [2.45, 2.75) is 29.9 Å². The van der Waals surface area contributed by atoms with Crippen LogP contribution in [-0.2, 0) is 24.3 Å². The Kier molecular flexibility index (Phi) is 7.41. The quantitative estimate of drug-likeness (QED) is 0.594. The van der Waals surface area contributed by atoms with Gasteiger partial charge in [-0.25, -0.2) is 26.7 Å². The smallest absolute Gasteiger partial charge is 0.328 e. The van der Waals surface area contributed by atoms with E-state index >= 15 is 0 Å². The molecular formula is C21H22F2N2O6S. The predicted molar refractivity (Wildman–Crippen MR) is 109 cm³/mol. The first-order valence-electron chi connectivity index (χ1n) is 9.75. The standard InChI is InChI=1S/C21H22F2N2O6S/c1-30-21(27)17-12-14(31-18-8-4-2-6-15(18)22)13-25(17)20(26)10-11-24-32(28,29)19-9-5-3-7-16(19)23/h2-9,14,17,24H,10-13H2,1H3. The number of rotatable bonds is 8. The molecule has 11 heteroatoms. The highest BCUT2D eigenvalue weighted by molar-refractivity contribution is 7.89. The molecule has 1 amide bonds. The van der Waals surface area contributed by atoms with Gasteiger partial charge in [-0.2, -0.15) is 0 Å². The highest BCUT2D eigenvalue weighted by Crippen LogP contribution is 2.26. The highest BCUT2D eigenvalue weighted by atomic mass is 32.2. The van der Waals surface area contributed by atoms with Crippen molar-refractivity contribution in [3.8, 4) is 5.75 Å². The lowest BCUT2D eigenvalue weighted by molar-refractivity contribution is -0.150. The minimum absolute atomic E-state index is 0.00642. The van der Waals surface area contributed by atoms with Crippen molar-refractivity contribution in [3.05, 3.63) is 60.2 Å². The molecule has 2 aromatic rings. The van der Waals surface area contributed by atoms with E-state index in [-0.39, 0.29) is 31.7 Å². The second kappa shape index (κ2) is 10.0. The molecule has 2 aromatic carbocycles. The zero-order chi connectivity index (χ0) is 23.3. The van der Waals surface area contributed by atoms with Crippen molar-refractivity contribution in [3.63, 3.8) is 0 Å². The first kappa shape index (κ1) is 23.6. The van der Waals surface area contributed by atoms with Crippen LogP contribution < -0.4 is 9.46 Å². The summed E-state index contributed by atoms with van der Waals surface area (Å²) in [4.78, 5) is 25.5. The Bertz CT molecular complexity index is 1100. The van der Waals surface area contributed by atoms with Crippen LogP contribution in [0.5, 0.6) is 5.75 Å². The number of amides is 1. The minimum Gasteiger partial charge on any atom is -0.485 e. The fourth-order valence-electron chi connectivity index (χ4n) is 3.41. The lowest BCUT2D eigenvalue weighted by Crippen LogP contribution is -2.42. The van der Waals surface area contributed by atoms with Gasteiger partial charge in [-0.3, -0.25) is 4.79 Å². The van der Waals surface area contributed by atoms with E-state index in [4.69, 9.17) is 9.47 Å². The summed E-state index contributed by atoms with van der Waals surface area (Å²) in [6.45, 7) is -0.314. The molecule has 1 fully saturated rings. The van der Waals surface area contributed by atoms with Gasteiger partial charge in [-0.15, -0.1) is 0 Å². The molecule has 3 rings (SSSR count). The molecule has 2 unspecified atom stereocenters. The summed E-state index contributed by atoms with van der Waals surface area (Å²) < 4.78 is 64.7. The number of esters is 1. The number of halogens is 2. The monoisotopic (exact) mass is 468 g/mol. The van der Waals surface area contributed by atoms with Crippen LogP contribution in [0, 0.1) is 11.6 Å². The Balaban J connectivity index is 1.64. The molecule has 0 saturated carbocycles. The first-order valence-corrected chi connectivity index (χ1v) is 11.2. The zero-order valence-corrected chi connectivity index (χ0v) is 18.0. The maximum Gasteiger partial charge on any atom is 0.328 e. The van der Waals surface area contributed by atoms with E-state index in [9.17, 15) is 26.8 Å². The van der Waals surface area contributed by atoms with Gasteiger partial charge < -0.3 is 14.4 Å². The number of para-hydroxylation sites is 1. The van der Waals surface area contributed by atoms with Crippen LogP contribution in [-0.4, -0.2) is 57.5 Å². The van der Waals surface area contributed by atoms with Crippen molar-refractivity contribution < 1.29 is 36.3 Å². The first-order chi connectivity index (χ1) is 15.2. The zero-order valence-electron chi connectivity index (χ0n) is 17.2. The number of carbonyl (C=O) groups is 2. The van der Waals surface area contributed by atoms with Crippen LogP contribution in [0.3, 0.4) is 0 Å². The van der Waals surface area contributed by atoms with Crippen LogP contribution >= 0.6 is 0 Å². The molecule has 1 saturated heterocycles. The molecule has 1 aliphatic rings. The second-order valence-corrected chi connectivity index (χ2v) is 8.80. The Morgan fingerprint density at radius 2 is 1.75 bits per heavy atom. The summed E-state index contributed by atoms with van der Waals surface area (Å²) in [7, 11) is -2.98. The van der Waals surface area contributed by atoms with Gasteiger partial charge in [0.25, 0.3) is 0 Å². The molecule has 1 aliphatic heterocycles. The third-order valence-corrected chi connectivity index (χ3v) is 6.44. The van der Waals surface area contributed by atoms with E-state index in [2.05, 4.69) is 4.72 Å². The van der Waals surface area contributed by atoms with Crippen LogP contribution in [0.25, 0.3) is 0 Å². The fraction of sp³-hybridized carbons (Fsp3) is 0.333. The van der Waals surface area contributed by atoms with Crippen molar-refractivity contribution in [2.24, 2.45) is 0 Å². The second-order valence-electron chi connectivity index (χ2n) is 7.07. The highest BCUT2D eigenvalue weighted by Gasteiger charge is 2.41. The summed E-state index contributed by atoms with van der Waals surface area (Å²) in [5, 5.41) is 0. The third kappa shape index (κ3) is 5.40. The van der Waals surface area contributed by atoms with E-state index in [1.165, 1.54) is 42.3 Å². The van der Waals surface area contributed by atoms with E-state index < -0.39 is 50.6 Å². The van der Waals surface area contributed by atoms with E-state index in [1.807, 2.05) is 0 Å². The van der Waals surface area contributed by atoms with Gasteiger partial charge >= 0.3 is 5.97 Å². The van der Waals surface area contributed by atoms with Gasteiger partial charge in [0, 0.05) is 19.4 Å². The van der Waals surface area contributed by atoms with Crippen molar-refractivity contribution >= 4 is 21.9 Å². The molecule has 1 N–H and O–H groups in total. The number of sulfonamides is 1. The van der Waals surface area contributed by atoms with Gasteiger partial charge in [-0.1, -0.05) is 24.3 Å². The molecule has 0 bridgehead atoms. The molecule has 1 heterocycles. The van der Waals surface area contributed by atoms with E-state index in [0.29, 0.717) is 0 Å². The molecule has 172 valence electrons. The van der Waals surface area contributed by atoms with Crippen LogP contribution in [0.1, 0.15) is 12.8 Å². The summed E-state index contributed by atoms with van der Waals surface area (Å²) in [6, 6.07) is 9.67. The predicted octanol–water partition coefficient (Wildman–Crippen LogP) is 1.85. The molecular weight excluding hydrogens is 446 g/mol. The summed E-state index contributed by atoms with van der Waals surface area (Å²) in [5.41, 5.74) is 0. The Hall–Kier alpha value is -3.05. The molecule has 2 atom stereocenters. The average Bonchev–Trinajstić information content (AvgIpc) is 3.19. The number of methoxy groups -OCH3 is 1. The normalized spacial score (nSPS) is 18.4. The number of hydrogen-bond acceptors (Lipinski definition) is 6. The van der Waals surface area contributed by atoms with E-state index in [0.717, 1.165) is 12.1 Å². The lowest BCUT2D eigenvalue weighted by atomic mass is 10.2. The van der Waals surface area contributed by atoms with Gasteiger partial charge in [0.15, 0.2) is 11.6 Å². The van der Waals surface area contributed by atoms with Crippen LogP contribution in [0.15, 0.2) is 53.4 Å². The number of nitrogens with one attached hydrogen (secondary N) is 1. The third-order valence-electron chi connectivity index (χ3n) is 4.94. The number of nitrogens with zero attached hydrogens (tertiary/aromatic N) is 1. The Morgan fingerprint density at radius 1 is 1.09 bits per heavy atom. The number of likely N-dealkylation sites (tertiary alicyclic amines) is 1. The van der Waals surface area contributed by atoms with Gasteiger partial charge in [0.05, 0.1) is 13.7 Å². The SMILES string of the molecule is COC(=O)C1CC(Oc2ccccc2F)CN1C(=O)CCNS(=O)(=O)c1ccccc1F. The van der Waals surface area contributed by atoms with Gasteiger partial charge in [-0.05, 0) is 24.3 Å². The largest absolute Gasteiger partial charge is 0.485 e. The number of carbonyl (C=O) groups excluding carboxylic acids is 2. The Labute approximate surface area is 184 Å².